The molecule has 0 saturated carbocycles. The molecule has 1 saturated heterocycles. The fourth-order valence-electron chi connectivity index (χ4n) is 2.47. The van der Waals surface area contributed by atoms with Gasteiger partial charge in [0.1, 0.15) is 16.9 Å². The van der Waals surface area contributed by atoms with E-state index in [-0.39, 0.29) is 11.9 Å². The van der Waals surface area contributed by atoms with Gasteiger partial charge in [-0.1, -0.05) is 0 Å². The number of hydrogen-bond acceptors (Lipinski definition) is 6. The number of carbonyl (C=O) groups excluding carboxylic acids is 2. The zero-order valence-electron chi connectivity index (χ0n) is 13.2. The molecule has 0 spiro atoms. The number of hydrogen-bond donors (Lipinski definition) is 1. The first kappa shape index (κ1) is 15.7. The average molecular weight is 334 g/mol. The van der Waals surface area contributed by atoms with E-state index in [1.165, 1.54) is 11.2 Å². The van der Waals surface area contributed by atoms with Gasteiger partial charge in [0.2, 0.25) is 0 Å². The minimum absolute atomic E-state index is 0.177. The lowest BCUT2D eigenvalue weighted by Crippen LogP contribution is -2.40. The van der Waals surface area contributed by atoms with Crippen molar-refractivity contribution in [2.75, 3.05) is 12.3 Å². The van der Waals surface area contributed by atoms with Crippen molar-refractivity contribution in [3.8, 4) is 0 Å². The van der Waals surface area contributed by atoms with Gasteiger partial charge < -0.3 is 5.32 Å². The van der Waals surface area contributed by atoms with E-state index in [4.69, 9.17) is 0 Å². The minimum atomic E-state index is -0.807. The van der Waals surface area contributed by atoms with E-state index < -0.39 is 5.54 Å². The normalized spacial score (nSPS) is 17.1. The number of carbonyl (C=O) groups is 2. The molecule has 1 fully saturated rings. The standard InChI is InChI=1S/C14H18N6O2S/c1-14(2)12(21)20(13(22)18-14)5-4-6-23-11-9-7-17-19(3)10(9)15-8-16-11/h7-8H,4-6H2,1-3H3,(H,18,22). The molecule has 3 rings (SSSR count). The van der Waals surface area contributed by atoms with E-state index in [0.717, 1.165) is 21.8 Å². The quantitative estimate of drug-likeness (QED) is 0.382. The molecule has 9 heteroatoms. The Balaban J connectivity index is 1.58. The van der Waals surface area contributed by atoms with Gasteiger partial charge in [0.15, 0.2) is 5.65 Å². The van der Waals surface area contributed by atoms with Gasteiger partial charge in [-0.25, -0.2) is 14.8 Å². The van der Waals surface area contributed by atoms with Crippen molar-refractivity contribution in [2.24, 2.45) is 7.05 Å². The Kier molecular flexibility index (Phi) is 3.97. The fourth-order valence-corrected chi connectivity index (χ4v) is 3.36. The summed E-state index contributed by atoms with van der Waals surface area (Å²) in [5.41, 5.74) is -0.0167. The van der Waals surface area contributed by atoms with Crippen molar-refractivity contribution in [2.45, 2.75) is 30.8 Å². The third kappa shape index (κ3) is 2.88. The molecule has 8 nitrogen and oxygen atoms in total. The van der Waals surface area contributed by atoms with Crippen molar-refractivity contribution in [3.05, 3.63) is 12.5 Å². The number of fused-ring (bicyclic) bond motifs is 1. The number of urea groups is 1. The predicted molar refractivity (Wildman–Crippen MR) is 86.0 cm³/mol. The summed E-state index contributed by atoms with van der Waals surface area (Å²) in [7, 11) is 1.84. The van der Waals surface area contributed by atoms with Crippen LogP contribution < -0.4 is 5.32 Å². The third-order valence-electron chi connectivity index (χ3n) is 3.70. The first-order valence-corrected chi connectivity index (χ1v) is 8.28. The molecule has 0 bridgehead atoms. The highest BCUT2D eigenvalue weighted by Gasteiger charge is 2.43. The molecule has 0 unspecified atom stereocenters. The number of rotatable bonds is 5. The number of thioether (sulfide) groups is 1. The maximum absolute atomic E-state index is 12.1. The third-order valence-corrected chi connectivity index (χ3v) is 4.79. The Morgan fingerprint density at radius 2 is 2.09 bits per heavy atom. The highest BCUT2D eigenvalue weighted by Crippen LogP contribution is 2.25. The van der Waals surface area contributed by atoms with Gasteiger partial charge in [0.25, 0.3) is 5.91 Å². The molecular formula is C14H18N6O2S. The van der Waals surface area contributed by atoms with E-state index >= 15 is 0 Å². The molecule has 3 heterocycles. The molecule has 1 aliphatic rings. The lowest BCUT2D eigenvalue weighted by atomic mass is 10.1. The van der Waals surface area contributed by atoms with Crippen LogP contribution in [0.25, 0.3) is 11.0 Å². The van der Waals surface area contributed by atoms with Gasteiger partial charge in [0.05, 0.1) is 11.6 Å². The van der Waals surface area contributed by atoms with Crippen LogP contribution in [-0.4, -0.2) is 54.4 Å². The van der Waals surface area contributed by atoms with Crippen LogP contribution in [0.3, 0.4) is 0 Å². The topological polar surface area (TPSA) is 93.0 Å². The molecule has 1 N–H and O–H groups in total. The number of nitrogens with one attached hydrogen (secondary N) is 1. The number of aryl methyl sites for hydroxylation is 1. The van der Waals surface area contributed by atoms with Gasteiger partial charge in [-0.3, -0.25) is 14.4 Å². The van der Waals surface area contributed by atoms with Gasteiger partial charge in [0, 0.05) is 19.3 Å². The summed E-state index contributed by atoms with van der Waals surface area (Å²) < 4.78 is 1.70. The summed E-state index contributed by atoms with van der Waals surface area (Å²) in [6.07, 6.45) is 3.97. The molecule has 2 aromatic rings. The Morgan fingerprint density at radius 3 is 2.78 bits per heavy atom. The van der Waals surface area contributed by atoms with E-state index in [9.17, 15) is 9.59 Å². The van der Waals surface area contributed by atoms with Crippen LogP contribution in [0.15, 0.2) is 17.6 Å². The summed E-state index contributed by atoms with van der Waals surface area (Å²) in [5.74, 6) is 0.572. The van der Waals surface area contributed by atoms with Crippen molar-refractivity contribution in [1.29, 1.82) is 0 Å². The van der Waals surface area contributed by atoms with Crippen LogP contribution >= 0.6 is 11.8 Å². The van der Waals surface area contributed by atoms with Crippen LogP contribution in [-0.2, 0) is 11.8 Å². The average Bonchev–Trinajstić information content (AvgIpc) is 2.96. The van der Waals surface area contributed by atoms with Gasteiger partial charge in [-0.15, -0.1) is 11.8 Å². The highest BCUT2D eigenvalue weighted by molar-refractivity contribution is 7.99. The Bertz CT molecular complexity index is 772. The lowest BCUT2D eigenvalue weighted by molar-refractivity contribution is -0.130. The molecule has 0 aromatic carbocycles. The zero-order chi connectivity index (χ0) is 16.6. The summed E-state index contributed by atoms with van der Waals surface area (Å²) >= 11 is 1.57. The zero-order valence-corrected chi connectivity index (χ0v) is 14.1. The number of imide groups is 1. The summed E-state index contributed by atoms with van der Waals surface area (Å²) in [6.45, 7) is 3.83. The van der Waals surface area contributed by atoms with Gasteiger partial charge in [-0.05, 0) is 20.3 Å². The first-order chi connectivity index (χ1) is 10.9. The molecule has 3 amide bonds. The smallest absolute Gasteiger partial charge is 0.324 e. The number of nitrogens with zero attached hydrogens (tertiary/aromatic N) is 5. The molecule has 2 aromatic heterocycles. The van der Waals surface area contributed by atoms with Crippen molar-refractivity contribution in [1.82, 2.24) is 30.0 Å². The van der Waals surface area contributed by atoms with E-state index in [1.807, 2.05) is 7.05 Å². The molecular weight excluding hydrogens is 316 g/mol. The van der Waals surface area contributed by atoms with E-state index in [2.05, 4.69) is 20.4 Å². The van der Waals surface area contributed by atoms with E-state index in [1.54, 1.807) is 36.5 Å². The monoisotopic (exact) mass is 334 g/mol. The van der Waals surface area contributed by atoms with Gasteiger partial charge in [-0.2, -0.15) is 5.10 Å². The van der Waals surface area contributed by atoms with Crippen molar-refractivity contribution in [3.63, 3.8) is 0 Å². The molecule has 0 aliphatic carbocycles. The minimum Gasteiger partial charge on any atom is -0.324 e. The number of amides is 3. The summed E-state index contributed by atoms with van der Waals surface area (Å²) in [4.78, 5) is 33.6. The van der Waals surface area contributed by atoms with Crippen molar-refractivity contribution >= 4 is 34.7 Å². The summed E-state index contributed by atoms with van der Waals surface area (Å²) in [5, 5.41) is 8.63. The number of aromatic nitrogens is 4. The largest absolute Gasteiger partial charge is 0.325 e. The lowest BCUT2D eigenvalue weighted by Gasteiger charge is -2.15. The van der Waals surface area contributed by atoms with E-state index in [0.29, 0.717) is 13.0 Å². The molecule has 1 aliphatic heterocycles. The van der Waals surface area contributed by atoms with Crippen LogP contribution in [0.4, 0.5) is 4.79 Å². The second-order valence-corrected chi connectivity index (χ2v) is 6.98. The SMILES string of the molecule is Cn1ncc2c(SCCCN3C(=O)NC(C)(C)C3=O)ncnc21. The Labute approximate surface area is 137 Å². The van der Waals surface area contributed by atoms with Crippen LogP contribution in [0.1, 0.15) is 20.3 Å². The molecule has 0 radical (unpaired) electrons. The highest BCUT2D eigenvalue weighted by atomic mass is 32.2. The second kappa shape index (κ2) is 5.80. The maximum atomic E-state index is 12.1. The summed E-state index contributed by atoms with van der Waals surface area (Å²) in [6, 6.07) is -0.318. The Hall–Kier alpha value is -2.16. The first-order valence-electron chi connectivity index (χ1n) is 7.30. The van der Waals surface area contributed by atoms with Crippen molar-refractivity contribution < 1.29 is 9.59 Å². The molecule has 23 heavy (non-hydrogen) atoms. The second-order valence-electron chi connectivity index (χ2n) is 5.90. The molecule has 0 atom stereocenters. The fraction of sp³-hybridized carbons (Fsp3) is 0.500. The Morgan fingerprint density at radius 1 is 1.30 bits per heavy atom. The maximum Gasteiger partial charge on any atom is 0.325 e. The molecule has 122 valence electrons. The van der Waals surface area contributed by atoms with Crippen LogP contribution in [0, 0.1) is 0 Å². The van der Waals surface area contributed by atoms with Crippen LogP contribution in [0.2, 0.25) is 0 Å². The van der Waals surface area contributed by atoms with Gasteiger partial charge >= 0.3 is 6.03 Å². The van der Waals surface area contributed by atoms with Crippen LogP contribution in [0.5, 0.6) is 0 Å². The predicted octanol–water partition coefficient (Wildman–Crippen LogP) is 1.18.